The number of rotatable bonds is 4. The van der Waals surface area contributed by atoms with E-state index in [1.54, 1.807) is 14.2 Å². The van der Waals surface area contributed by atoms with Gasteiger partial charge >= 0.3 is 0 Å². The van der Waals surface area contributed by atoms with Gasteiger partial charge in [-0.15, -0.1) is 0 Å². The molecule has 1 aromatic rings. The van der Waals surface area contributed by atoms with E-state index in [-0.39, 0.29) is 12.7 Å². The lowest BCUT2D eigenvalue weighted by Gasteiger charge is -2.08. The number of benzene rings is 1. The zero-order valence-corrected chi connectivity index (χ0v) is 9.84. The largest absolute Gasteiger partial charge is 0.493 e. The van der Waals surface area contributed by atoms with E-state index in [0.29, 0.717) is 17.9 Å². The first-order chi connectivity index (χ1) is 8.28. The molecule has 0 amide bonds. The number of hydrogen-bond acceptors (Lipinski definition) is 5. The number of ether oxygens (including phenoxy) is 2. The summed E-state index contributed by atoms with van der Waals surface area (Å²) in [5.41, 5.74) is 1.73. The van der Waals surface area contributed by atoms with Gasteiger partial charge in [-0.05, 0) is 18.2 Å². The van der Waals surface area contributed by atoms with Crippen LogP contribution in [0.5, 0.6) is 11.5 Å². The molecule has 1 atom stereocenters. The third-order valence-electron chi connectivity index (χ3n) is 2.65. The molecule has 0 aliphatic carbocycles. The van der Waals surface area contributed by atoms with Crippen molar-refractivity contribution in [3.63, 3.8) is 0 Å². The fraction of sp³-hybridized carbons (Fsp3) is 0.417. The highest BCUT2D eigenvalue weighted by molar-refractivity contribution is 6.01. The van der Waals surface area contributed by atoms with Crippen LogP contribution in [0.3, 0.4) is 0 Å². The minimum Gasteiger partial charge on any atom is -0.493 e. The Balaban J connectivity index is 2.23. The van der Waals surface area contributed by atoms with E-state index in [1.165, 1.54) is 0 Å². The molecule has 92 valence electrons. The molecule has 0 saturated carbocycles. The number of aliphatic hydroxyl groups is 1. The van der Waals surface area contributed by atoms with E-state index in [4.69, 9.17) is 19.4 Å². The van der Waals surface area contributed by atoms with Crippen LogP contribution in [-0.2, 0) is 4.84 Å². The van der Waals surface area contributed by atoms with Gasteiger partial charge in [0.1, 0.15) is 0 Å². The number of methoxy groups -OCH3 is 2. The van der Waals surface area contributed by atoms with Crippen LogP contribution in [-0.4, -0.2) is 37.7 Å². The molecular weight excluding hydrogens is 222 g/mol. The van der Waals surface area contributed by atoms with E-state index < -0.39 is 0 Å². The molecule has 0 saturated heterocycles. The molecule has 1 aromatic carbocycles. The van der Waals surface area contributed by atoms with Crippen LogP contribution in [0, 0.1) is 0 Å². The van der Waals surface area contributed by atoms with Crippen molar-refractivity contribution < 1.29 is 19.4 Å². The van der Waals surface area contributed by atoms with Gasteiger partial charge in [-0.2, -0.15) is 0 Å². The first-order valence-electron chi connectivity index (χ1n) is 5.34. The maximum Gasteiger partial charge on any atom is 0.161 e. The molecule has 1 aliphatic heterocycles. The van der Waals surface area contributed by atoms with Gasteiger partial charge in [0.15, 0.2) is 17.6 Å². The lowest BCUT2D eigenvalue weighted by Crippen LogP contribution is -2.12. The second-order valence-corrected chi connectivity index (χ2v) is 3.72. The van der Waals surface area contributed by atoms with Crippen LogP contribution in [0.4, 0.5) is 0 Å². The third kappa shape index (κ3) is 2.34. The quantitative estimate of drug-likeness (QED) is 0.854. The average Bonchev–Trinajstić information content (AvgIpc) is 2.86. The van der Waals surface area contributed by atoms with Crippen molar-refractivity contribution >= 4 is 5.71 Å². The maximum atomic E-state index is 8.97. The van der Waals surface area contributed by atoms with Crippen LogP contribution in [0.1, 0.15) is 12.0 Å². The molecule has 2 rings (SSSR count). The first kappa shape index (κ1) is 11.7. The van der Waals surface area contributed by atoms with Gasteiger partial charge in [-0.3, -0.25) is 0 Å². The smallest absolute Gasteiger partial charge is 0.161 e. The van der Waals surface area contributed by atoms with Crippen molar-refractivity contribution in [3.05, 3.63) is 23.8 Å². The summed E-state index contributed by atoms with van der Waals surface area (Å²) in [6.07, 6.45) is 0.365. The molecule has 0 spiro atoms. The Labute approximate surface area is 99.6 Å². The van der Waals surface area contributed by atoms with Gasteiger partial charge in [0, 0.05) is 12.0 Å². The lowest BCUT2D eigenvalue weighted by atomic mass is 10.0. The molecule has 17 heavy (non-hydrogen) atoms. The average molecular weight is 237 g/mol. The van der Waals surface area contributed by atoms with Gasteiger partial charge in [0.2, 0.25) is 0 Å². The van der Waals surface area contributed by atoms with E-state index in [2.05, 4.69) is 5.16 Å². The van der Waals surface area contributed by atoms with Crippen LogP contribution >= 0.6 is 0 Å². The van der Waals surface area contributed by atoms with Crippen molar-refractivity contribution in [3.8, 4) is 11.5 Å². The van der Waals surface area contributed by atoms with Crippen LogP contribution in [0.15, 0.2) is 23.4 Å². The van der Waals surface area contributed by atoms with E-state index in [0.717, 1.165) is 11.3 Å². The highest BCUT2D eigenvalue weighted by Crippen LogP contribution is 2.29. The minimum atomic E-state index is -0.238. The standard InChI is InChI=1S/C12H15NO4/c1-15-11-4-3-8(5-12(11)16-2)10-6-9(7-14)17-13-10/h3-5,9,14H,6-7H2,1-2H3/t9-/m1/s1. The number of aliphatic hydroxyl groups excluding tert-OH is 1. The summed E-state index contributed by atoms with van der Waals surface area (Å²) in [6, 6.07) is 5.56. The predicted molar refractivity (Wildman–Crippen MR) is 62.7 cm³/mol. The highest BCUT2D eigenvalue weighted by atomic mass is 16.6. The molecule has 0 radical (unpaired) electrons. The second kappa shape index (κ2) is 5.05. The zero-order valence-electron chi connectivity index (χ0n) is 9.84. The molecule has 0 fully saturated rings. The van der Waals surface area contributed by atoms with E-state index in [1.807, 2.05) is 18.2 Å². The molecular formula is C12H15NO4. The summed E-state index contributed by atoms with van der Waals surface area (Å²) in [6.45, 7) is -0.0275. The van der Waals surface area contributed by atoms with E-state index in [9.17, 15) is 0 Å². The minimum absolute atomic E-state index is 0.0275. The Morgan fingerprint density at radius 3 is 2.71 bits per heavy atom. The molecule has 0 bridgehead atoms. The zero-order chi connectivity index (χ0) is 12.3. The predicted octanol–water partition coefficient (Wildman–Crippen LogP) is 1.19. The summed E-state index contributed by atoms with van der Waals surface area (Å²) >= 11 is 0. The van der Waals surface area contributed by atoms with Gasteiger partial charge in [0.05, 0.1) is 26.5 Å². The fourth-order valence-electron chi connectivity index (χ4n) is 1.71. The van der Waals surface area contributed by atoms with Crippen LogP contribution in [0.25, 0.3) is 0 Å². The Morgan fingerprint density at radius 1 is 1.35 bits per heavy atom. The van der Waals surface area contributed by atoms with Gasteiger partial charge in [-0.1, -0.05) is 5.16 Å². The normalized spacial score (nSPS) is 18.5. The highest BCUT2D eigenvalue weighted by Gasteiger charge is 2.22. The summed E-state index contributed by atoms with van der Waals surface area (Å²) in [4.78, 5) is 5.07. The van der Waals surface area contributed by atoms with Crippen molar-refractivity contribution in [1.82, 2.24) is 0 Å². The third-order valence-corrected chi connectivity index (χ3v) is 2.65. The summed E-state index contributed by atoms with van der Waals surface area (Å²) in [7, 11) is 3.18. The van der Waals surface area contributed by atoms with Crippen molar-refractivity contribution in [2.24, 2.45) is 5.16 Å². The number of oxime groups is 1. The summed E-state index contributed by atoms with van der Waals surface area (Å²) < 4.78 is 10.4. The van der Waals surface area contributed by atoms with Crippen molar-refractivity contribution in [2.45, 2.75) is 12.5 Å². The van der Waals surface area contributed by atoms with E-state index >= 15 is 0 Å². The Hall–Kier alpha value is -1.75. The maximum absolute atomic E-state index is 8.97. The molecule has 0 aromatic heterocycles. The molecule has 1 N–H and O–H groups in total. The Bertz CT molecular complexity index is 431. The molecule has 1 heterocycles. The molecule has 5 nitrogen and oxygen atoms in total. The van der Waals surface area contributed by atoms with Gasteiger partial charge in [-0.25, -0.2) is 0 Å². The first-order valence-corrected chi connectivity index (χ1v) is 5.34. The number of hydrogen-bond donors (Lipinski definition) is 1. The Kier molecular flexibility index (Phi) is 3.49. The monoisotopic (exact) mass is 237 g/mol. The summed E-state index contributed by atoms with van der Waals surface area (Å²) in [5, 5.41) is 12.9. The molecule has 1 aliphatic rings. The topological polar surface area (TPSA) is 60.3 Å². The fourth-order valence-corrected chi connectivity index (χ4v) is 1.71. The SMILES string of the molecule is COc1ccc(C2=NO[C@@H](CO)C2)cc1OC. The van der Waals surface area contributed by atoms with Crippen LogP contribution < -0.4 is 9.47 Å². The van der Waals surface area contributed by atoms with Gasteiger partial charge < -0.3 is 19.4 Å². The Morgan fingerprint density at radius 2 is 2.12 bits per heavy atom. The summed E-state index contributed by atoms with van der Waals surface area (Å²) in [5.74, 6) is 1.33. The molecule has 0 unspecified atom stereocenters. The van der Waals surface area contributed by atoms with Crippen molar-refractivity contribution in [2.75, 3.05) is 20.8 Å². The molecule has 5 heteroatoms. The lowest BCUT2D eigenvalue weighted by molar-refractivity contribution is 0.0390. The number of nitrogens with zero attached hydrogens (tertiary/aromatic N) is 1. The van der Waals surface area contributed by atoms with Crippen LogP contribution in [0.2, 0.25) is 0 Å². The second-order valence-electron chi connectivity index (χ2n) is 3.72. The van der Waals surface area contributed by atoms with Crippen molar-refractivity contribution in [1.29, 1.82) is 0 Å². The van der Waals surface area contributed by atoms with Gasteiger partial charge in [0.25, 0.3) is 0 Å².